The number of rotatable bonds is 6. The summed E-state index contributed by atoms with van der Waals surface area (Å²) in [6.45, 7) is 5.65. The summed E-state index contributed by atoms with van der Waals surface area (Å²) in [5, 5.41) is 3.06. The number of halogens is 1. The largest absolute Gasteiger partial charge is 0.463 e. The Morgan fingerprint density at radius 2 is 1.83 bits per heavy atom. The fourth-order valence-corrected chi connectivity index (χ4v) is 4.03. The van der Waals surface area contributed by atoms with Gasteiger partial charge in [-0.1, -0.05) is 29.8 Å². The van der Waals surface area contributed by atoms with Gasteiger partial charge in [-0.3, -0.25) is 4.79 Å². The number of hydrogen-bond acceptors (Lipinski definition) is 3. The van der Waals surface area contributed by atoms with Gasteiger partial charge in [-0.05, 0) is 43.3 Å². The van der Waals surface area contributed by atoms with Gasteiger partial charge in [0.15, 0.2) is 11.8 Å². The van der Waals surface area contributed by atoms with E-state index >= 15 is 0 Å². The summed E-state index contributed by atoms with van der Waals surface area (Å²) in [7, 11) is 0. The summed E-state index contributed by atoms with van der Waals surface area (Å²) >= 11 is 0. The Morgan fingerprint density at radius 1 is 1.10 bits per heavy atom. The number of amides is 1. The minimum atomic E-state index is -0.186. The van der Waals surface area contributed by atoms with E-state index in [1.54, 1.807) is 12.3 Å². The van der Waals surface area contributed by atoms with Crippen LogP contribution in [-0.4, -0.2) is 38.6 Å². The summed E-state index contributed by atoms with van der Waals surface area (Å²) in [4.78, 5) is 16.0. The van der Waals surface area contributed by atoms with E-state index in [4.69, 9.17) is 4.42 Å². The highest BCUT2D eigenvalue weighted by atomic mass is 19.1. The second-order valence-electron chi connectivity index (χ2n) is 7.74. The molecule has 5 nitrogen and oxygen atoms in total. The van der Waals surface area contributed by atoms with Crippen molar-refractivity contribution in [2.24, 2.45) is 0 Å². The second kappa shape index (κ2) is 9.13. The van der Waals surface area contributed by atoms with E-state index in [9.17, 15) is 9.18 Å². The summed E-state index contributed by atoms with van der Waals surface area (Å²) in [5.41, 5.74) is 2.43. The van der Waals surface area contributed by atoms with Crippen LogP contribution in [0.4, 0.5) is 10.1 Å². The van der Waals surface area contributed by atoms with Crippen molar-refractivity contribution in [1.82, 2.24) is 5.32 Å². The van der Waals surface area contributed by atoms with Crippen LogP contribution < -0.4 is 15.1 Å². The Labute approximate surface area is 176 Å². The van der Waals surface area contributed by atoms with E-state index < -0.39 is 0 Å². The molecule has 6 heteroatoms. The van der Waals surface area contributed by atoms with Gasteiger partial charge in [0, 0.05) is 5.56 Å². The van der Waals surface area contributed by atoms with Crippen molar-refractivity contribution in [3.05, 3.63) is 89.6 Å². The van der Waals surface area contributed by atoms with Crippen LogP contribution in [0.5, 0.6) is 0 Å². The normalized spacial score (nSPS) is 15.7. The van der Waals surface area contributed by atoms with E-state index in [-0.39, 0.29) is 17.8 Å². The number of nitrogens with zero attached hydrogens (tertiary/aromatic N) is 1. The molecule has 1 fully saturated rings. The summed E-state index contributed by atoms with van der Waals surface area (Å²) in [6, 6.07) is 18.3. The zero-order valence-electron chi connectivity index (χ0n) is 17.1. The monoisotopic (exact) mass is 408 g/mol. The number of piperazine rings is 1. The first-order valence-electron chi connectivity index (χ1n) is 10.3. The average Bonchev–Trinajstić information content (AvgIpc) is 3.30. The Hall–Kier alpha value is -3.12. The van der Waals surface area contributed by atoms with Gasteiger partial charge in [0.1, 0.15) is 5.82 Å². The molecule has 0 saturated carbocycles. The second-order valence-corrected chi connectivity index (χ2v) is 7.74. The van der Waals surface area contributed by atoms with Crippen LogP contribution in [0.25, 0.3) is 0 Å². The Balaban J connectivity index is 1.41. The molecule has 0 radical (unpaired) electrons. The molecule has 2 N–H and O–H groups in total. The molecule has 2 heterocycles. The third-order valence-electron chi connectivity index (χ3n) is 5.76. The lowest BCUT2D eigenvalue weighted by atomic mass is 10.1. The highest BCUT2D eigenvalue weighted by molar-refractivity contribution is 5.94. The lowest BCUT2D eigenvalue weighted by Gasteiger charge is -2.37. The van der Waals surface area contributed by atoms with E-state index in [2.05, 4.69) is 10.2 Å². The van der Waals surface area contributed by atoms with E-state index in [0.717, 1.165) is 37.5 Å². The Bertz CT molecular complexity index is 964. The van der Waals surface area contributed by atoms with Crippen molar-refractivity contribution >= 4 is 11.6 Å². The van der Waals surface area contributed by atoms with Crippen LogP contribution in [0, 0.1) is 12.7 Å². The molecule has 0 aliphatic carbocycles. The van der Waals surface area contributed by atoms with Crippen LogP contribution >= 0.6 is 0 Å². The van der Waals surface area contributed by atoms with Crippen molar-refractivity contribution < 1.29 is 18.5 Å². The number of para-hydroxylation sites is 1. The van der Waals surface area contributed by atoms with Crippen molar-refractivity contribution in [2.45, 2.75) is 13.0 Å². The van der Waals surface area contributed by atoms with Crippen LogP contribution in [0.3, 0.4) is 0 Å². The molecule has 1 aliphatic heterocycles. The summed E-state index contributed by atoms with van der Waals surface area (Å²) < 4.78 is 19.8. The third-order valence-corrected chi connectivity index (χ3v) is 5.76. The minimum Gasteiger partial charge on any atom is -0.463 e. The minimum absolute atomic E-state index is 0.0113. The van der Waals surface area contributed by atoms with Crippen LogP contribution in [-0.2, 0) is 0 Å². The van der Waals surface area contributed by atoms with E-state index in [1.807, 2.05) is 55.5 Å². The first-order valence-corrected chi connectivity index (χ1v) is 10.3. The van der Waals surface area contributed by atoms with Crippen molar-refractivity contribution in [3.63, 3.8) is 0 Å². The molecule has 1 aliphatic rings. The van der Waals surface area contributed by atoms with Gasteiger partial charge in [-0.15, -0.1) is 0 Å². The van der Waals surface area contributed by atoms with Crippen molar-refractivity contribution in [1.29, 1.82) is 0 Å². The van der Waals surface area contributed by atoms with Gasteiger partial charge in [0.05, 0.1) is 44.7 Å². The number of carbonyl (C=O) groups is 1. The molecule has 1 atom stereocenters. The molecule has 0 bridgehead atoms. The number of benzene rings is 2. The molecular formula is C24H27FN3O2+. The maximum Gasteiger partial charge on any atom is 0.251 e. The molecule has 2 aromatic carbocycles. The first-order chi connectivity index (χ1) is 14.6. The molecule has 1 amide bonds. The molecule has 0 unspecified atom stereocenters. The number of furan rings is 1. The zero-order chi connectivity index (χ0) is 20.9. The number of anilines is 1. The first kappa shape index (κ1) is 20.2. The van der Waals surface area contributed by atoms with Crippen LogP contribution in [0.2, 0.25) is 0 Å². The summed E-state index contributed by atoms with van der Waals surface area (Å²) in [5.74, 6) is 0.582. The lowest BCUT2D eigenvalue weighted by Crippen LogP contribution is -3.15. The quantitative estimate of drug-likeness (QED) is 0.659. The molecule has 1 saturated heterocycles. The van der Waals surface area contributed by atoms with Crippen LogP contribution in [0.1, 0.15) is 27.7 Å². The van der Waals surface area contributed by atoms with Crippen LogP contribution in [0.15, 0.2) is 71.3 Å². The fraction of sp³-hybridized carbons (Fsp3) is 0.292. The van der Waals surface area contributed by atoms with Crippen molar-refractivity contribution in [2.75, 3.05) is 37.6 Å². The Kier molecular flexibility index (Phi) is 6.14. The van der Waals surface area contributed by atoms with Gasteiger partial charge in [0.25, 0.3) is 5.91 Å². The topological polar surface area (TPSA) is 49.9 Å². The van der Waals surface area contributed by atoms with Gasteiger partial charge >= 0.3 is 0 Å². The number of nitrogens with one attached hydrogen (secondary N) is 2. The summed E-state index contributed by atoms with van der Waals surface area (Å²) in [6.07, 6.45) is 1.67. The predicted molar refractivity (Wildman–Crippen MR) is 114 cm³/mol. The van der Waals surface area contributed by atoms with Gasteiger partial charge in [-0.2, -0.15) is 0 Å². The maximum absolute atomic E-state index is 14.1. The average molecular weight is 408 g/mol. The number of hydrogen-bond donors (Lipinski definition) is 2. The van der Waals surface area contributed by atoms with Gasteiger partial charge in [0.2, 0.25) is 0 Å². The van der Waals surface area contributed by atoms with Gasteiger partial charge in [-0.25, -0.2) is 4.39 Å². The number of quaternary nitrogens is 1. The molecule has 3 aromatic rings. The maximum atomic E-state index is 14.1. The fourth-order valence-electron chi connectivity index (χ4n) is 4.03. The standard InChI is InChI=1S/C24H26FN3O2/c1-18-8-10-19(11-9-18)24(29)26-17-22(23-7-4-16-30-23)28-14-12-27(13-15-28)21-6-3-2-5-20(21)25/h2-11,16,22H,12-15,17H2,1H3,(H,26,29)/p+1/t22-/m0/s1. The highest BCUT2D eigenvalue weighted by Crippen LogP contribution is 2.19. The van der Waals surface area contributed by atoms with E-state index in [0.29, 0.717) is 17.8 Å². The zero-order valence-corrected chi connectivity index (χ0v) is 17.1. The molecule has 4 rings (SSSR count). The number of aryl methyl sites for hydroxylation is 1. The third kappa shape index (κ3) is 4.54. The highest BCUT2D eigenvalue weighted by Gasteiger charge is 2.31. The molecular weight excluding hydrogens is 381 g/mol. The SMILES string of the molecule is Cc1ccc(C(=O)NC[C@@H](c2ccco2)[NH+]2CCN(c3ccccc3F)CC2)cc1. The number of carbonyl (C=O) groups excluding carboxylic acids is 1. The molecule has 0 spiro atoms. The van der Waals surface area contributed by atoms with Gasteiger partial charge < -0.3 is 19.5 Å². The molecule has 156 valence electrons. The predicted octanol–water partition coefficient (Wildman–Crippen LogP) is 2.60. The molecule has 30 heavy (non-hydrogen) atoms. The lowest BCUT2D eigenvalue weighted by molar-refractivity contribution is -0.932. The van der Waals surface area contributed by atoms with E-state index in [1.165, 1.54) is 11.0 Å². The Morgan fingerprint density at radius 3 is 2.50 bits per heavy atom. The smallest absolute Gasteiger partial charge is 0.251 e. The molecule has 1 aromatic heterocycles. The van der Waals surface area contributed by atoms with Crippen molar-refractivity contribution in [3.8, 4) is 0 Å².